The van der Waals surface area contributed by atoms with Gasteiger partial charge >= 0.3 is 0 Å². The second-order valence-corrected chi connectivity index (χ2v) is 5.65. The minimum Gasteiger partial charge on any atom is -0.373 e. The molecule has 1 N–H and O–H groups in total. The van der Waals surface area contributed by atoms with Crippen LogP contribution in [0.4, 0.5) is 0 Å². The molecule has 108 valence electrons. The van der Waals surface area contributed by atoms with Crippen LogP contribution in [0.5, 0.6) is 0 Å². The van der Waals surface area contributed by atoms with E-state index in [1.165, 1.54) is 11.1 Å². The normalized spacial score (nSPS) is 26.1. The average Bonchev–Trinajstić information content (AvgIpc) is 2.48. The van der Waals surface area contributed by atoms with Crippen molar-refractivity contribution in [2.75, 3.05) is 26.2 Å². The molecule has 0 spiro atoms. The summed E-state index contributed by atoms with van der Waals surface area (Å²) in [6, 6.07) is 8.59. The van der Waals surface area contributed by atoms with E-state index in [0.717, 1.165) is 26.1 Å². The fourth-order valence-corrected chi connectivity index (χ4v) is 3.13. The van der Waals surface area contributed by atoms with E-state index in [1.54, 1.807) is 0 Å². The number of amides is 1. The van der Waals surface area contributed by atoms with E-state index < -0.39 is 0 Å². The lowest BCUT2D eigenvalue weighted by molar-refractivity contribution is -0.137. The first-order valence-electron chi connectivity index (χ1n) is 7.45. The summed E-state index contributed by atoms with van der Waals surface area (Å²) in [5.41, 5.74) is 2.51. The standard InChI is InChI=1S/C16H22N2O2/c1-12-11-17-7-8-18(12)16(19)10-15-14-5-3-2-4-13(14)6-9-20-15/h2-5,12,15,17H,6-11H2,1H3/t12-,15-/m0/s1. The Bertz CT molecular complexity index is 489. The van der Waals surface area contributed by atoms with Crippen molar-refractivity contribution in [1.82, 2.24) is 10.2 Å². The summed E-state index contributed by atoms with van der Waals surface area (Å²) >= 11 is 0. The fraction of sp³-hybridized carbons (Fsp3) is 0.562. The Kier molecular flexibility index (Phi) is 4.03. The monoisotopic (exact) mass is 274 g/mol. The zero-order valence-electron chi connectivity index (χ0n) is 12.0. The number of ether oxygens (including phenoxy) is 1. The van der Waals surface area contributed by atoms with Crippen molar-refractivity contribution in [3.63, 3.8) is 0 Å². The molecule has 2 aliphatic rings. The van der Waals surface area contributed by atoms with Crippen LogP contribution in [0.2, 0.25) is 0 Å². The van der Waals surface area contributed by atoms with Crippen molar-refractivity contribution in [3.05, 3.63) is 35.4 Å². The average molecular weight is 274 g/mol. The van der Waals surface area contributed by atoms with Gasteiger partial charge in [-0.1, -0.05) is 24.3 Å². The molecule has 1 amide bonds. The minimum atomic E-state index is -0.0745. The topological polar surface area (TPSA) is 41.6 Å². The Morgan fingerprint density at radius 3 is 3.15 bits per heavy atom. The highest BCUT2D eigenvalue weighted by Gasteiger charge is 2.28. The van der Waals surface area contributed by atoms with Gasteiger partial charge in [-0.2, -0.15) is 0 Å². The number of carbonyl (C=O) groups excluding carboxylic acids is 1. The van der Waals surface area contributed by atoms with E-state index in [9.17, 15) is 4.79 Å². The first-order chi connectivity index (χ1) is 9.75. The van der Waals surface area contributed by atoms with Gasteiger partial charge in [-0.25, -0.2) is 0 Å². The van der Waals surface area contributed by atoms with E-state index >= 15 is 0 Å². The predicted molar refractivity (Wildman–Crippen MR) is 77.5 cm³/mol. The molecule has 1 aromatic carbocycles. The van der Waals surface area contributed by atoms with Crippen LogP contribution >= 0.6 is 0 Å². The summed E-state index contributed by atoms with van der Waals surface area (Å²) in [6.07, 6.45) is 1.33. The predicted octanol–water partition coefficient (Wildman–Crippen LogP) is 1.51. The van der Waals surface area contributed by atoms with Gasteiger partial charge in [0.05, 0.1) is 19.1 Å². The Morgan fingerprint density at radius 2 is 2.30 bits per heavy atom. The third-order valence-electron chi connectivity index (χ3n) is 4.27. The number of hydrogen-bond acceptors (Lipinski definition) is 3. The van der Waals surface area contributed by atoms with Crippen LogP contribution in [0, 0.1) is 0 Å². The number of rotatable bonds is 2. The van der Waals surface area contributed by atoms with Crippen LogP contribution < -0.4 is 5.32 Å². The highest BCUT2D eigenvalue weighted by molar-refractivity contribution is 5.77. The molecule has 3 rings (SSSR count). The summed E-state index contributed by atoms with van der Waals surface area (Å²) in [4.78, 5) is 14.5. The maximum atomic E-state index is 12.5. The minimum absolute atomic E-state index is 0.0745. The number of hydrogen-bond donors (Lipinski definition) is 1. The van der Waals surface area contributed by atoms with Crippen LogP contribution in [0.3, 0.4) is 0 Å². The van der Waals surface area contributed by atoms with Crippen molar-refractivity contribution in [2.45, 2.75) is 31.9 Å². The van der Waals surface area contributed by atoms with Gasteiger partial charge in [-0.05, 0) is 24.5 Å². The molecule has 1 saturated heterocycles. The zero-order valence-corrected chi connectivity index (χ0v) is 12.0. The SMILES string of the molecule is C[C@H]1CNCCN1C(=O)C[C@@H]1OCCc2ccccc21. The van der Waals surface area contributed by atoms with Crippen molar-refractivity contribution in [3.8, 4) is 0 Å². The molecular weight excluding hydrogens is 252 g/mol. The molecular formula is C16H22N2O2. The fourth-order valence-electron chi connectivity index (χ4n) is 3.13. The molecule has 0 aromatic heterocycles. The second kappa shape index (κ2) is 5.94. The van der Waals surface area contributed by atoms with Gasteiger partial charge in [0.25, 0.3) is 0 Å². The number of carbonyl (C=O) groups is 1. The van der Waals surface area contributed by atoms with Crippen LogP contribution in [-0.2, 0) is 16.0 Å². The van der Waals surface area contributed by atoms with Gasteiger partial charge in [0.1, 0.15) is 0 Å². The van der Waals surface area contributed by atoms with Gasteiger partial charge in [0.15, 0.2) is 0 Å². The smallest absolute Gasteiger partial charge is 0.225 e. The second-order valence-electron chi connectivity index (χ2n) is 5.65. The molecule has 1 fully saturated rings. The maximum absolute atomic E-state index is 12.5. The Hall–Kier alpha value is -1.39. The zero-order chi connectivity index (χ0) is 13.9. The molecule has 0 saturated carbocycles. The van der Waals surface area contributed by atoms with E-state index in [1.807, 2.05) is 11.0 Å². The summed E-state index contributed by atoms with van der Waals surface area (Å²) in [6.45, 7) is 5.38. The first kappa shape index (κ1) is 13.6. The van der Waals surface area contributed by atoms with E-state index in [4.69, 9.17) is 4.74 Å². The van der Waals surface area contributed by atoms with Crippen LogP contribution in [0.1, 0.15) is 30.6 Å². The Morgan fingerprint density at radius 1 is 1.45 bits per heavy atom. The molecule has 20 heavy (non-hydrogen) atoms. The van der Waals surface area contributed by atoms with Gasteiger partial charge in [0, 0.05) is 25.7 Å². The molecule has 4 nitrogen and oxygen atoms in total. The maximum Gasteiger partial charge on any atom is 0.225 e. The van der Waals surface area contributed by atoms with Gasteiger partial charge in [0.2, 0.25) is 5.91 Å². The number of piperazine rings is 1. The van der Waals surface area contributed by atoms with Crippen LogP contribution in [-0.4, -0.2) is 43.1 Å². The lowest BCUT2D eigenvalue weighted by atomic mass is 9.95. The molecule has 2 heterocycles. The lowest BCUT2D eigenvalue weighted by Gasteiger charge is -2.35. The van der Waals surface area contributed by atoms with Crippen molar-refractivity contribution < 1.29 is 9.53 Å². The summed E-state index contributed by atoms with van der Waals surface area (Å²) < 4.78 is 5.84. The molecule has 4 heteroatoms. The van der Waals surface area contributed by atoms with Gasteiger partial charge in [-0.3, -0.25) is 4.79 Å². The first-order valence-corrected chi connectivity index (χ1v) is 7.45. The Labute approximate surface area is 120 Å². The number of fused-ring (bicyclic) bond motifs is 1. The highest BCUT2D eigenvalue weighted by atomic mass is 16.5. The molecule has 1 aromatic rings. The number of benzene rings is 1. The van der Waals surface area contributed by atoms with Gasteiger partial charge in [-0.15, -0.1) is 0 Å². The van der Waals surface area contributed by atoms with Crippen molar-refractivity contribution in [2.24, 2.45) is 0 Å². The molecule has 2 atom stereocenters. The number of nitrogens with zero attached hydrogens (tertiary/aromatic N) is 1. The van der Waals surface area contributed by atoms with Crippen molar-refractivity contribution in [1.29, 1.82) is 0 Å². The molecule has 0 bridgehead atoms. The third kappa shape index (κ3) is 2.72. The third-order valence-corrected chi connectivity index (χ3v) is 4.27. The largest absolute Gasteiger partial charge is 0.373 e. The van der Waals surface area contributed by atoms with Crippen LogP contribution in [0.15, 0.2) is 24.3 Å². The molecule has 0 radical (unpaired) electrons. The lowest BCUT2D eigenvalue weighted by Crippen LogP contribution is -2.52. The van der Waals surface area contributed by atoms with Gasteiger partial charge < -0.3 is 15.0 Å². The highest BCUT2D eigenvalue weighted by Crippen LogP contribution is 2.30. The summed E-state index contributed by atoms with van der Waals surface area (Å²) in [5.74, 6) is 0.209. The Balaban J connectivity index is 1.70. The van der Waals surface area contributed by atoms with E-state index in [-0.39, 0.29) is 18.1 Å². The molecule has 2 aliphatic heterocycles. The number of nitrogens with one attached hydrogen (secondary N) is 1. The molecule has 0 aliphatic carbocycles. The van der Waals surface area contributed by atoms with Crippen LogP contribution in [0.25, 0.3) is 0 Å². The molecule has 0 unspecified atom stereocenters. The van der Waals surface area contributed by atoms with Crippen molar-refractivity contribution >= 4 is 5.91 Å². The summed E-state index contributed by atoms with van der Waals surface area (Å²) in [7, 11) is 0. The van der Waals surface area contributed by atoms with E-state index in [2.05, 4.69) is 30.4 Å². The quantitative estimate of drug-likeness (QED) is 0.889. The van der Waals surface area contributed by atoms with E-state index in [0.29, 0.717) is 13.0 Å². The summed E-state index contributed by atoms with van der Waals surface area (Å²) in [5, 5.41) is 3.31.